The van der Waals surface area contributed by atoms with Gasteiger partial charge in [-0.3, -0.25) is 9.78 Å². The standard InChI is InChI=1S/C20H22N4O/c1-3-17(23-19(25)11-15-10-9-14(2)21-12-15)20-22-13-18(24-20)16-7-5-4-6-8-16/h4-10,12-13,17H,3,11H2,1-2H3,(H,22,24)(H,23,25). The highest BCUT2D eigenvalue weighted by Crippen LogP contribution is 2.20. The topological polar surface area (TPSA) is 70.7 Å². The van der Waals surface area contributed by atoms with E-state index >= 15 is 0 Å². The van der Waals surface area contributed by atoms with E-state index in [-0.39, 0.29) is 11.9 Å². The van der Waals surface area contributed by atoms with Gasteiger partial charge < -0.3 is 10.3 Å². The number of aromatic amines is 1. The van der Waals surface area contributed by atoms with Gasteiger partial charge in [-0.1, -0.05) is 43.3 Å². The number of H-pyrrole nitrogens is 1. The highest BCUT2D eigenvalue weighted by atomic mass is 16.1. The molecule has 0 bridgehead atoms. The van der Waals surface area contributed by atoms with Crippen LogP contribution in [0.4, 0.5) is 0 Å². The SMILES string of the molecule is CCC(NC(=O)Cc1ccc(C)nc1)c1ncc(-c2ccccc2)[nH]1. The number of rotatable bonds is 6. The normalized spacial score (nSPS) is 11.9. The van der Waals surface area contributed by atoms with Crippen LogP contribution in [0.5, 0.6) is 0 Å². The van der Waals surface area contributed by atoms with Crippen molar-refractivity contribution in [1.82, 2.24) is 20.3 Å². The van der Waals surface area contributed by atoms with Gasteiger partial charge in [-0.15, -0.1) is 0 Å². The predicted molar refractivity (Wildman–Crippen MR) is 97.9 cm³/mol. The van der Waals surface area contributed by atoms with Crippen LogP contribution in [0.1, 0.15) is 36.5 Å². The molecule has 0 spiro atoms. The van der Waals surface area contributed by atoms with E-state index in [1.165, 1.54) is 0 Å². The Morgan fingerprint density at radius 2 is 1.92 bits per heavy atom. The van der Waals surface area contributed by atoms with Gasteiger partial charge in [-0.25, -0.2) is 4.98 Å². The number of amides is 1. The van der Waals surface area contributed by atoms with Crippen LogP contribution in [0.15, 0.2) is 54.9 Å². The highest BCUT2D eigenvalue weighted by Gasteiger charge is 2.16. The van der Waals surface area contributed by atoms with Crippen molar-refractivity contribution in [1.29, 1.82) is 0 Å². The van der Waals surface area contributed by atoms with E-state index in [4.69, 9.17) is 0 Å². The van der Waals surface area contributed by atoms with Gasteiger partial charge in [0.1, 0.15) is 5.82 Å². The van der Waals surface area contributed by atoms with E-state index in [0.29, 0.717) is 6.42 Å². The Labute approximate surface area is 147 Å². The third-order valence-electron chi connectivity index (χ3n) is 4.09. The molecule has 1 atom stereocenters. The zero-order valence-electron chi connectivity index (χ0n) is 14.5. The van der Waals surface area contributed by atoms with Crippen LogP contribution in [0.3, 0.4) is 0 Å². The average Bonchev–Trinajstić information content (AvgIpc) is 3.12. The van der Waals surface area contributed by atoms with Gasteiger partial charge in [0.25, 0.3) is 0 Å². The minimum absolute atomic E-state index is 0.0323. The number of hydrogen-bond acceptors (Lipinski definition) is 3. The van der Waals surface area contributed by atoms with Crippen LogP contribution < -0.4 is 5.32 Å². The summed E-state index contributed by atoms with van der Waals surface area (Å²) in [6, 6.07) is 13.7. The fraction of sp³-hybridized carbons (Fsp3) is 0.250. The van der Waals surface area contributed by atoms with Crippen molar-refractivity contribution >= 4 is 5.91 Å². The van der Waals surface area contributed by atoms with Crippen LogP contribution >= 0.6 is 0 Å². The van der Waals surface area contributed by atoms with Gasteiger partial charge in [0.15, 0.2) is 0 Å². The Morgan fingerprint density at radius 1 is 1.12 bits per heavy atom. The quantitative estimate of drug-likeness (QED) is 0.724. The number of pyridine rings is 1. The Morgan fingerprint density at radius 3 is 2.60 bits per heavy atom. The second-order valence-corrected chi connectivity index (χ2v) is 6.06. The summed E-state index contributed by atoms with van der Waals surface area (Å²) in [6.07, 6.45) is 4.63. The van der Waals surface area contributed by atoms with Crippen molar-refractivity contribution in [2.24, 2.45) is 0 Å². The number of nitrogens with one attached hydrogen (secondary N) is 2. The fourth-order valence-corrected chi connectivity index (χ4v) is 2.68. The molecule has 2 heterocycles. The molecule has 25 heavy (non-hydrogen) atoms. The van der Waals surface area contributed by atoms with Crippen molar-refractivity contribution in [2.75, 3.05) is 0 Å². The van der Waals surface area contributed by atoms with Crippen LogP contribution in [-0.4, -0.2) is 20.9 Å². The maximum Gasteiger partial charge on any atom is 0.225 e. The predicted octanol–water partition coefficient (Wildman–Crippen LogP) is 3.59. The van der Waals surface area contributed by atoms with Crippen molar-refractivity contribution in [3.63, 3.8) is 0 Å². The van der Waals surface area contributed by atoms with Gasteiger partial charge in [-0.05, 0) is 30.5 Å². The molecule has 0 radical (unpaired) electrons. The number of carbonyl (C=O) groups is 1. The van der Waals surface area contributed by atoms with Crippen molar-refractivity contribution in [3.05, 3.63) is 71.9 Å². The summed E-state index contributed by atoms with van der Waals surface area (Å²) < 4.78 is 0. The molecule has 0 aliphatic rings. The monoisotopic (exact) mass is 334 g/mol. The summed E-state index contributed by atoms with van der Waals surface area (Å²) in [4.78, 5) is 24.3. The summed E-state index contributed by atoms with van der Waals surface area (Å²) in [5, 5.41) is 3.05. The average molecular weight is 334 g/mol. The largest absolute Gasteiger partial charge is 0.346 e. The molecule has 5 heteroatoms. The van der Waals surface area contributed by atoms with Crippen LogP contribution in [0.25, 0.3) is 11.3 Å². The first kappa shape index (κ1) is 16.9. The van der Waals surface area contributed by atoms with E-state index in [1.54, 1.807) is 6.20 Å². The number of imidazole rings is 1. The molecule has 3 rings (SSSR count). The smallest absolute Gasteiger partial charge is 0.225 e. The Hall–Kier alpha value is -2.95. The molecular formula is C20H22N4O. The van der Waals surface area contributed by atoms with E-state index < -0.39 is 0 Å². The van der Waals surface area contributed by atoms with Crippen LogP contribution in [-0.2, 0) is 11.2 Å². The number of hydrogen-bond donors (Lipinski definition) is 2. The van der Waals surface area contributed by atoms with Crippen LogP contribution in [0.2, 0.25) is 0 Å². The number of aryl methyl sites for hydroxylation is 1. The molecule has 2 aromatic heterocycles. The molecule has 0 saturated heterocycles. The second-order valence-electron chi connectivity index (χ2n) is 6.06. The summed E-state index contributed by atoms with van der Waals surface area (Å²) in [6.45, 7) is 3.96. The van der Waals surface area contributed by atoms with E-state index in [1.807, 2.05) is 62.5 Å². The molecule has 2 N–H and O–H groups in total. The molecule has 3 aromatic rings. The lowest BCUT2D eigenvalue weighted by atomic mass is 10.1. The lowest BCUT2D eigenvalue weighted by Crippen LogP contribution is -2.30. The Bertz CT molecular complexity index is 824. The first-order valence-electron chi connectivity index (χ1n) is 8.47. The first-order chi connectivity index (χ1) is 12.2. The molecule has 1 unspecified atom stereocenters. The molecule has 0 saturated carbocycles. The highest BCUT2D eigenvalue weighted by molar-refractivity contribution is 5.78. The lowest BCUT2D eigenvalue weighted by Gasteiger charge is -2.14. The summed E-state index contributed by atoms with van der Waals surface area (Å²) in [5.41, 5.74) is 3.88. The van der Waals surface area contributed by atoms with Crippen molar-refractivity contribution < 1.29 is 4.79 Å². The Balaban J connectivity index is 1.67. The molecular weight excluding hydrogens is 312 g/mol. The Kier molecular flexibility index (Phi) is 5.23. The molecule has 5 nitrogen and oxygen atoms in total. The van der Waals surface area contributed by atoms with Crippen molar-refractivity contribution in [3.8, 4) is 11.3 Å². The first-order valence-corrected chi connectivity index (χ1v) is 8.47. The molecule has 1 amide bonds. The minimum Gasteiger partial charge on any atom is -0.346 e. The number of benzene rings is 1. The third-order valence-corrected chi connectivity index (χ3v) is 4.09. The summed E-state index contributed by atoms with van der Waals surface area (Å²) in [7, 11) is 0. The zero-order chi connectivity index (χ0) is 17.6. The van der Waals surface area contributed by atoms with Crippen LogP contribution in [0, 0.1) is 6.92 Å². The van der Waals surface area contributed by atoms with E-state index in [0.717, 1.165) is 34.8 Å². The number of nitrogens with zero attached hydrogens (tertiary/aromatic N) is 2. The number of aromatic nitrogens is 3. The maximum atomic E-state index is 12.3. The van der Waals surface area contributed by atoms with Gasteiger partial charge in [-0.2, -0.15) is 0 Å². The second kappa shape index (κ2) is 7.75. The summed E-state index contributed by atoms with van der Waals surface area (Å²) >= 11 is 0. The van der Waals surface area contributed by atoms with E-state index in [2.05, 4.69) is 20.3 Å². The van der Waals surface area contributed by atoms with Gasteiger partial charge in [0.05, 0.1) is 24.4 Å². The molecule has 0 fully saturated rings. The molecule has 0 aliphatic carbocycles. The number of carbonyl (C=O) groups excluding carboxylic acids is 1. The molecule has 1 aromatic carbocycles. The van der Waals surface area contributed by atoms with Gasteiger partial charge in [0.2, 0.25) is 5.91 Å². The minimum atomic E-state index is -0.136. The van der Waals surface area contributed by atoms with Gasteiger partial charge in [0, 0.05) is 11.9 Å². The molecule has 0 aliphatic heterocycles. The van der Waals surface area contributed by atoms with Crippen molar-refractivity contribution in [2.45, 2.75) is 32.7 Å². The van der Waals surface area contributed by atoms with E-state index in [9.17, 15) is 4.79 Å². The fourth-order valence-electron chi connectivity index (χ4n) is 2.68. The lowest BCUT2D eigenvalue weighted by molar-refractivity contribution is -0.121. The van der Waals surface area contributed by atoms with Gasteiger partial charge >= 0.3 is 0 Å². The zero-order valence-corrected chi connectivity index (χ0v) is 14.5. The molecule has 128 valence electrons. The maximum absolute atomic E-state index is 12.3. The summed E-state index contributed by atoms with van der Waals surface area (Å²) in [5.74, 6) is 0.742. The third kappa shape index (κ3) is 4.32.